The summed E-state index contributed by atoms with van der Waals surface area (Å²) in [4.78, 5) is 0. The summed E-state index contributed by atoms with van der Waals surface area (Å²) in [5.41, 5.74) is 0.409. The number of hydrogen-bond donors (Lipinski definition) is 1. The quantitative estimate of drug-likeness (QED) is 0.884. The molecule has 0 aliphatic rings. The number of rotatable bonds is 5. The van der Waals surface area contributed by atoms with Crippen molar-refractivity contribution in [3.63, 3.8) is 0 Å². The molecule has 18 heavy (non-hydrogen) atoms. The average molecular weight is 318 g/mol. The topological polar surface area (TPSA) is 21.3 Å². The van der Waals surface area contributed by atoms with Crippen LogP contribution in [0, 0.1) is 5.82 Å². The second kappa shape index (κ2) is 6.64. The van der Waals surface area contributed by atoms with E-state index in [1.807, 2.05) is 27.7 Å². The summed E-state index contributed by atoms with van der Waals surface area (Å²) < 4.78 is 20.5. The van der Waals surface area contributed by atoms with E-state index in [0.29, 0.717) is 12.2 Å². The van der Waals surface area contributed by atoms with Crippen LogP contribution >= 0.6 is 15.9 Å². The Labute approximate surface area is 117 Å². The highest BCUT2D eigenvalue weighted by molar-refractivity contribution is 9.10. The van der Waals surface area contributed by atoms with Gasteiger partial charge in [-0.1, -0.05) is 22.9 Å². The van der Waals surface area contributed by atoms with E-state index < -0.39 is 0 Å². The van der Waals surface area contributed by atoms with Gasteiger partial charge in [-0.25, -0.2) is 4.39 Å². The van der Waals surface area contributed by atoms with E-state index in [0.717, 1.165) is 11.0 Å². The summed E-state index contributed by atoms with van der Waals surface area (Å²) in [5, 5.41) is 3.25. The van der Waals surface area contributed by atoms with Crippen molar-refractivity contribution in [2.75, 3.05) is 13.2 Å². The fourth-order valence-corrected chi connectivity index (χ4v) is 2.00. The molecule has 0 heterocycles. The average Bonchev–Trinajstić information content (AvgIpc) is 2.26. The molecule has 1 atom stereocenters. The van der Waals surface area contributed by atoms with Crippen molar-refractivity contribution < 1.29 is 9.13 Å². The van der Waals surface area contributed by atoms with Crippen LogP contribution in [0.5, 0.6) is 0 Å². The van der Waals surface area contributed by atoms with Crippen molar-refractivity contribution in [2.45, 2.75) is 39.3 Å². The second-order valence-electron chi connectivity index (χ2n) is 5.20. The largest absolute Gasteiger partial charge is 0.374 e. The van der Waals surface area contributed by atoms with Gasteiger partial charge in [0.2, 0.25) is 0 Å². The van der Waals surface area contributed by atoms with Gasteiger partial charge in [-0.15, -0.1) is 0 Å². The molecule has 2 nitrogen and oxygen atoms in total. The van der Waals surface area contributed by atoms with E-state index in [1.165, 1.54) is 6.07 Å². The predicted molar refractivity (Wildman–Crippen MR) is 76.2 cm³/mol. The molecule has 0 radical (unpaired) electrons. The molecule has 1 aromatic carbocycles. The van der Waals surface area contributed by atoms with Crippen LogP contribution < -0.4 is 5.32 Å². The van der Waals surface area contributed by atoms with Gasteiger partial charge in [-0.3, -0.25) is 0 Å². The summed E-state index contributed by atoms with van der Waals surface area (Å²) in [5.74, 6) is -0.207. The molecule has 0 saturated heterocycles. The summed E-state index contributed by atoms with van der Waals surface area (Å²) in [6.07, 6.45) is 0. The molecule has 4 heteroatoms. The molecular weight excluding hydrogens is 297 g/mol. The molecule has 0 spiro atoms. The summed E-state index contributed by atoms with van der Waals surface area (Å²) in [6, 6.07) is 4.84. The van der Waals surface area contributed by atoms with Crippen LogP contribution in [-0.4, -0.2) is 18.8 Å². The van der Waals surface area contributed by atoms with Crippen molar-refractivity contribution in [1.29, 1.82) is 0 Å². The van der Waals surface area contributed by atoms with E-state index in [2.05, 4.69) is 21.2 Å². The van der Waals surface area contributed by atoms with Crippen molar-refractivity contribution in [1.82, 2.24) is 5.32 Å². The third kappa shape index (κ3) is 5.04. The fraction of sp³-hybridized carbons (Fsp3) is 0.571. The van der Waals surface area contributed by atoms with Gasteiger partial charge in [0.05, 0.1) is 18.2 Å². The molecular formula is C14H21BrFNO. The third-order valence-electron chi connectivity index (χ3n) is 2.47. The fourth-order valence-electron chi connectivity index (χ4n) is 1.62. The number of halogens is 2. The van der Waals surface area contributed by atoms with E-state index in [4.69, 9.17) is 4.74 Å². The number of likely N-dealkylation sites (N-methyl/N-ethyl adjacent to an activating group) is 1. The molecule has 1 rings (SSSR count). The Morgan fingerprint density at radius 1 is 1.39 bits per heavy atom. The Morgan fingerprint density at radius 3 is 2.61 bits per heavy atom. The van der Waals surface area contributed by atoms with Gasteiger partial charge in [0.25, 0.3) is 0 Å². The molecule has 0 saturated carbocycles. The summed E-state index contributed by atoms with van der Waals surface area (Å²) >= 11 is 3.37. The zero-order valence-corrected chi connectivity index (χ0v) is 13.0. The Balaban J connectivity index is 2.86. The lowest BCUT2D eigenvalue weighted by Crippen LogP contribution is -2.30. The third-order valence-corrected chi connectivity index (χ3v) is 2.96. The zero-order valence-electron chi connectivity index (χ0n) is 11.4. The molecule has 1 N–H and O–H groups in total. The first-order valence-electron chi connectivity index (χ1n) is 6.16. The smallest absolute Gasteiger partial charge is 0.128 e. The Morgan fingerprint density at radius 2 is 2.06 bits per heavy atom. The zero-order chi connectivity index (χ0) is 13.8. The normalized spacial score (nSPS) is 13.7. The maximum atomic E-state index is 13.8. The van der Waals surface area contributed by atoms with Gasteiger partial charge in [-0.2, -0.15) is 0 Å². The van der Waals surface area contributed by atoms with E-state index in [-0.39, 0.29) is 17.5 Å². The Hall–Kier alpha value is -0.450. The summed E-state index contributed by atoms with van der Waals surface area (Å²) in [7, 11) is 0. The highest BCUT2D eigenvalue weighted by Crippen LogP contribution is 2.23. The van der Waals surface area contributed by atoms with Crippen LogP contribution in [0.15, 0.2) is 22.7 Å². The molecule has 0 aromatic heterocycles. The second-order valence-corrected chi connectivity index (χ2v) is 6.12. The van der Waals surface area contributed by atoms with Crippen LogP contribution in [0.1, 0.15) is 39.3 Å². The first-order chi connectivity index (χ1) is 8.33. The van der Waals surface area contributed by atoms with Crippen molar-refractivity contribution in [3.8, 4) is 0 Å². The lowest BCUT2D eigenvalue weighted by atomic mass is 10.1. The van der Waals surface area contributed by atoms with Gasteiger partial charge in [0.1, 0.15) is 5.82 Å². The molecule has 0 bridgehead atoms. The van der Waals surface area contributed by atoms with Crippen molar-refractivity contribution in [2.24, 2.45) is 0 Å². The summed E-state index contributed by atoms with van der Waals surface area (Å²) in [6.45, 7) is 9.20. The minimum Gasteiger partial charge on any atom is -0.374 e. The van der Waals surface area contributed by atoms with Crippen LogP contribution in [0.4, 0.5) is 4.39 Å². The van der Waals surface area contributed by atoms with Crippen LogP contribution in [0.25, 0.3) is 0 Å². The number of ether oxygens (including phenoxy) is 1. The van der Waals surface area contributed by atoms with Gasteiger partial charge in [-0.05, 0) is 45.5 Å². The molecule has 102 valence electrons. The van der Waals surface area contributed by atoms with E-state index in [9.17, 15) is 4.39 Å². The van der Waals surface area contributed by atoms with Gasteiger partial charge >= 0.3 is 0 Å². The number of hydrogen-bond acceptors (Lipinski definition) is 2. The van der Waals surface area contributed by atoms with Crippen LogP contribution in [-0.2, 0) is 4.74 Å². The lowest BCUT2D eigenvalue weighted by molar-refractivity contribution is -0.0150. The molecule has 0 amide bonds. The highest BCUT2D eigenvalue weighted by atomic mass is 79.9. The van der Waals surface area contributed by atoms with E-state index in [1.54, 1.807) is 12.1 Å². The minimum absolute atomic E-state index is 0.133. The molecule has 0 aliphatic heterocycles. The standard InChI is InChI=1S/C14H21BrFNO/c1-5-17-13(9-18-14(2,3)4)11-8-10(15)6-7-12(11)16/h6-8,13,17H,5,9H2,1-4H3. The van der Waals surface area contributed by atoms with Gasteiger partial charge in [0.15, 0.2) is 0 Å². The van der Waals surface area contributed by atoms with Crippen molar-refractivity contribution >= 4 is 15.9 Å². The Bertz CT molecular complexity index is 390. The number of benzene rings is 1. The van der Waals surface area contributed by atoms with Gasteiger partial charge in [0, 0.05) is 10.0 Å². The van der Waals surface area contributed by atoms with Crippen molar-refractivity contribution in [3.05, 3.63) is 34.1 Å². The van der Waals surface area contributed by atoms with Crippen LogP contribution in [0.3, 0.4) is 0 Å². The van der Waals surface area contributed by atoms with E-state index >= 15 is 0 Å². The monoisotopic (exact) mass is 317 g/mol. The SMILES string of the molecule is CCNC(COC(C)(C)C)c1cc(Br)ccc1F. The van der Waals surface area contributed by atoms with Gasteiger partial charge < -0.3 is 10.1 Å². The molecule has 0 fully saturated rings. The van der Waals surface area contributed by atoms with Crippen LogP contribution in [0.2, 0.25) is 0 Å². The molecule has 1 unspecified atom stereocenters. The highest BCUT2D eigenvalue weighted by Gasteiger charge is 2.19. The predicted octanol–water partition coefficient (Wildman–Crippen LogP) is 4.05. The Kier molecular flexibility index (Phi) is 5.76. The molecule has 0 aliphatic carbocycles. The maximum absolute atomic E-state index is 13.8. The minimum atomic E-state index is -0.226. The first kappa shape index (κ1) is 15.6. The number of nitrogens with one attached hydrogen (secondary N) is 1. The maximum Gasteiger partial charge on any atom is 0.128 e. The molecule has 1 aromatic rings. The lowest BCUT2D eigenvalue weighted by Gasteiger charge is -2.25. The first-order valence-corrected chi connectivity index (χ1v) is 6.95.